The second-order valence-corrected chi connectivity index (χ2v) is 4.80. The van der Waals surface area contributed by atoms with Crippen molar-refractivity contribution >= 4 is 17.5 Å². The molecule has 1 aliphatic heterocycles. The number of nitrogens with one attached hydrogen (secondary N) is 1. The van der Waals surface area contributed by atoms with Gasteiger partial charge in [-0.1, -0.05) is 11.6 Å². The minimum atomic E-state index is -0.291. The highest BCUT2D eigenvalue weighted by Gasteiger charge is 2.18. The maximum Gasteiger partial charge on any atom is 0.267 e. The molecule has 1 fully saturated rings. The van der Waals surface area contributed by atoms with E-state index in [0.717, 1.165) is 26.2 Å². The first kappa shape index (κ1) is 13.1. The molecule has 0 atom stereocenters. The molecule has 0 aromatic heterocycles. The number of nitrogens with zero attached hydrogens (tertiary/aromatic N) is 2. The molecule has 2 N–H and O–H groups in total. The average Bonchev–Trinajstić information content (AvgIpc) is 2.35. The van der Waals surface area contributed by atoms with Crippen molar-refractivity contribution in [2.24, 2.45) is 0 Å². The summed E-state index contributed by atoms with van der Waals surface area (Å²) < 4.78 is 0. The third-order valence-electron chi connectivity index (χ3n) is 2.96. The summed E-state index contributed by atoms with van der Waals surface area (Å²) in [5.74, 6) is -0.261. The van der Waals surface area contributed by atoms with E-state index in [2.05, 4.69) is 10.3 Å². The van der Waals surface area contributed by atoms with Crippen molar-refractivity contribution in [2.75, 3.05) is 33.2 Å². The molecule has 1 saturated heterocycles. The Hall–Kier alpha value is -1.30. The maximum absolute atomic E-state index is 12.0. The summed E-state index contributed by atoms with van der Waals surface area (Å²) in [4.78, 5) is 14.2. The van der Waals surface area contributed by atoms with Gasteiger partial charge in [0.2, 0.25) is 0 Å². The first-order chi connectivity index (χ1) is 8.56. The van der Waals surface area contributed by atoms with Crippen LogP contribution in [0.25, 0.3) is 0 Å². The Bertz CT molecular complexity index is 445. The van der Waals surface area contributed by atoms with Crippen LogP contribution in [0.2, 0.25) is 5.02 Å². The zero-order chi connectivity index (χ0) is 13.1. The number of rotatable bonds is 2. The molecule has 0 saturated carbocycles. The van der Waals surface area contributed by atoms with Gasteiger partial charge in [0.05, 0.1) is 10.6 Å². The number of hydrazine groups is 1. The molecule has 0 spiro atoms. The number of likely N-dealkylation sites (N-methyl/N-ethyl adjacent to an activating group) is 1. The number of carbonyl (C=O) groups excluding carboxylic acids is 1. The molecule has 18 heavy (non-hydrogen) atoms. The fourth-order valence-corrected chi connectivity index (χ4v) is 2.01. The van der Waals surface area contributed by atoms with E-state index in [1.54, 1.807) is 0 Å². The van der Waals surface area contributed by atoms with Crippen molar-refractivity contribution in [3.05, 3.63) is 28.8 Å². The standard InChI is InChI=1S/C12H16ClN3O2/c1-15-4-6-16(7-5-15)14-12(18)10-8-9(17)2-3-11(10)13/h2-3,8,17H,4-7H2,1H3,(H,14,18). The van der Waals surface area contributed by atoms with E-state index in [9.17, 15) is 9.90 Å². The topological polar surface area (TPSA) is 55.8 Å². The molecule has 98 valence electrons. The number of halogens is 1. The maximum atomic E-state index is 12.0. The number of aromatic hydroxyl groups is 1. The number of hydrogen-bond acceptors (Lipinski definition) is 4. The van der Waals surface area contributed by atoms with Crippen molar-refractivity contribution in [3.63, 3.8) is 0 Å². The van der Waals surface area contributed by atoms with Crippen LogP contribution in [0, 0.1) is 0 Å². The van der Waals surface area contributed by atoms with E-state index in [1.165, 1.54) is 18.2 Å². The van der Waals surface area contributed by atoms with Crippen LogP contribution in [0.3, 0.4) is 0 Å². The predicted octanol–water partition coefficient (Wildman–Crippen LogP) is 0.938. The Morgan fingerprint density at radius 2 is 2.00 bits per heavy atom. The van der Waals surface area contributed by atoms with Crippen LogP contribution in [-0.4, -0.2) is 54.1 Å². The lowest BCUT2D eigenvalue weighted by Gasteiger charge is -2.32. The first-order valence-electron chi connectivity index (χ1n) is 5.79. The van der Waals surface area contributed by atoms with Gasteiger partial charge in [-0.25, -0.2) is 5.01 Å². The van der Waals surface area contributed by atoms with E-state index in [4.69, 9.17) is 11.6 Å². The second kappa shape index (κ2) is 5.56. The Morgan fingerprint density at radius 1 is 1.33 bits per heavy atom. The van der Waals surface area contributed by atoms with Crippen molar-refractivity contribution in [2.45, 2.75) is 0 Å². The number of carbonyl (C=O) groups is 1. The molecule has 1 aromatic carbocycles. The summed E-state index contributed by atoms with van der Waals surface area (Å²) in [7, 11) is 2.05. The molecule has 1 aliphatic rings. The molecule has 1 amide bonds. The molecule has 6 heteroatoms. The molecule has 2 rings (SSSR count). The van der Waals surface area contributed by atoms with Crippen LogP contribution in [-0.2, 0) is 0 Å². The summed E-state index contributed by atoms with van der Waals surface area (Å²) in [5, 5.41) is 11.6. The van der Waals surface area contributed by atoms with Gasteiger partial charge >= 0.3 is 0 Å². The van der Waals surface area contributed by atoms with Gasteiger partial charge in [0.25, 0.3) is 5.91 Å². The van der Waals surface area contributed by atoms with E-state index >= 15 is 0 Å². The highest BCUT2D eigenvalue weighted by atomic mass is 35.5. The minimum Gasteiger partial charge on any atom is -0.508 e. The molecule has 1 aromatic rings. The van der Waals surface area contributed by atoms with Crippen LogP contribution < -0.4 is 5.43 Å². The molecular formula is C12H16ClN3O2. The molecule has 5 nitrogen and oxygen atoms in total. The Kier molecular flexibility index (Phi) is 4.06. The number of phenols is 1. The monoisotopic (exact) mass is 269 g/mol. The van der Waals surface area contributed by atoms with Gasteiger partial charge in [0, 0.05) is 26.2 Å². The highest BCUT2D eigenvalue weighted by molar-refractivity contribution is 6.33. The van der Waals surface area contributed by atoms with Gasteiger partial charge in [0.1, 0.15) is 5.75 Å². The van der Waals surface area contributed by atoms with Gasteiger partial charge in [0.15, 0.2) is 0 Å². The van der Waals surface area contributed by atoms with Crippen LogP contribution >= 0.6 is 11.6 Å². The average molecular weight is 270 g/mol. The van der Waals surface area contributed by atoms with Crippen LogP contribution in [0.1, 0.15) is 10.4 Å². The molecule has 0 bridgehead atoms. The molecule has 0 aliphatic carbocycles. The Labute approximate surface area is 111 Å². The smallest absolute Gasteiger partial charge is 0.267 e. The lowest BCUT2D eigenvalue weighted by atomic mass is 10.2. The number of hydrogen-bond donors (Lipinski definition) is 2. The summed E-state index contributed by atoms with van der Waals surface area (Å²) >= 11 is 5.93. The second-order valence-electron chi connectivity index (χ2n) is 4.40. The van der Waals surface area contributed by atoms with Gasteiger partial charge in [-0.3, -0.25) is 10.2 Å². The summed E-state index contributed by atoms with van der Waals surface area (Å²) in [6.45, 7) is 3.37. The molecule has 1 heterocycles. The summed E-state index contributed by atoms with van der Waals surface area (Å²) in [5.41, 5.74) is 3.08. The summed E-state index contributed by atoms with van der Waals surface area (Å²) in [6.07, 6.45) is 0. The number of piperazine rings is 1. The SMILES string of the molecule is CN1CCN(NC(=O)c2cc(O)ccc2Cl)CC1. The van der Waals surface area contributed by atoms with Gasteiger partial charge in [-0.15, -0.1) is 0 Å². The van der Waals surface area contributed by atoms with Crippen LogP contribution in [0.15, 0.2) is 18.2 Å². The Morgan fingerprint density at radius 3 is 2.67 bits per heavy atom. The molecular weight excluding hydrogens is 254 g/mol. The van der Waals surface area contributed by atoms with Crippen molar-refractivity contribution in [1.29, 1.82) is 0 Å². The third kappa shape index (κ3) is 3.13. The lowest BCUT2D eigenvalue weighted by molar-refractivity contribution is 0.0662. The molecule has 0 unspecified atom stereocenters. The quantitative estimate of drug-likeness (QED) is 0.839. The number of benzene rings is 1. The van der Waals surface area contributed by atoms with Crippen molar-refractivity contribution in [3.8, 4) is 5.75 Å². The van der Waals surface area contributed by atoms with E-state index in [0.29, 0.717) is 5.02 Å². The number of phenolic OH excluding ortho intramolecular Hbond substituents is 1. The van der Waals surface area contributed by atoms with Crippen LogP contribution in [0.4, 0.5) is 0 Å². The van der Waals surface area contributed by atoms with Gasteiger partial charge < -0.3 is 10.0 Å². The van der Waals surface area contributed by atoms with Crippen LogP contribution in [0.5, 0.6) is 5.75 Å². The number of amides is 1. The predicted molar refractivity (Wildman–Crippen MR) is 69.7 cm³/mol. The fraction of sp³-hybridized carbons (Fsp3) is 0.417. The van der Waals surface area contributed by atoms with E-state index in [-0.39, 0.29) is 17.2 Å². The summed E-state index contributed by atoms with van der Waals surface area (Å²) in [6, 6.07) is 4.33. The van der Waals surface area contributed by atoms with E-state index < -0.39 is 0 Å². The molecule has 0 radical (unpaired) electrons. The highest BCUT2D eigenvalue weighted by Crippen LogP contribution is 2.21. The first-order valence-corrected chi connectivity index (χ1v) is 6.17. The zero-order valence-corrected chi connectivity index (χ0v) is 10.9. The van der Waals surface area contributed by atoms with Gasteiger partial charge in [-0.05, 0) is 25.2 Å². The Balaban J connectivity index is 2.01. The normalized spacial score (nSPS) is 17.7. The third-order valence-corrected chi connectivity index (χ3v) is 3.29. The van der Waals surface area contributed by atoms with E-state index in [1.807, 2.05) is 12.1 Å². The van der Waals surface area contributed by atoms with Crippen molar-refractivity contribution in [1.82, 2.24) is 15.3 Å². The lowest BCUT2D eigenvalue weighted by Crippen LogP contribution is -2.52. The van der Waals surface area contributed by atoms with Gasteiger partial charge in [-0.2, -0.15) is 0 Å². The van der Waals surface area contributed by atoms with Crippen molar-refractivity contribution < 1.29 is 9.90 Å². The fourth-order valence-electron chi connectivity index (χ4n) is 1.81. The largest absolute Gasteiger partial charge is 0.508 e. The zero-order valence-electron chi connectivity index (χ0n) is 10.2. The minimum absolute atomic E-state index is 0.0305.